The third-order valence-corrected chi connectivity index (χ3v) is 9.09. The Morgan fingerprint density at radius 1 is 0.420 bits per heavy atom. The molecular weight excluding hydrogens is 617 g/mol. The quantitative estimate of drug-likeness (QED) is 0.0474. The Labute approximate surface area is 300 Å². The van der Waals surface area contributed by atoms with Gasteiger partial charge in [-0.15, -0.1) is 0 Å². The van der Waals surface area contributed by atoms with Crippen LogP contribution in [-0.2, 0) is 31.9 Å². The van der Waals surface area contributed by atoms with E-state index in [9.17, 15) is 9.59 Å². The van der Waals surface area contributed by atoms with Crippen LogP contribution in [0, 0.1) is 23.7 Å². The SMILES string of the molecule is O=C(Cc1cccc2ccccc12)OCCCCCCCCCC#CC#CCCCCCCCCCOC(=O)Cc1cccc2ccccc12. The van der Waals surface area contributed by atoms with Crippen molar-refractivity contribution in [3.63, 3.8) is 0 Å². The molecule has 0 radical (unpaired) electrons. The highest BCUT2D eigenvalue weighted by Crippen LogP contribution is 2.20. The second-order valence-corrected chi connectivity index (χ2v) is 13.1. The fourth-order valence-electron chi connectivity index (χ4n) is 6.29. The molecule has 50 heavy (non-hydrogen) atoms. The van der Waals surface area contributed by atoms with Crippen LogP contribution in [0.5, 0.6) is 0 Å². The summed E-state index contributed by atoms with van der Waals surface area (Å²) in [5.74, 6) is 12.1. The van der Waals surface area contributed by atoms with Gasteiger partial charge in [-0.05, 0) is 70.2 Å². The largest absolute Gasteiger partial charge is 0.465 e. The summed E-state index contributed by atoms with van der Waals surface area (Å²) in [5.41, 5.74) is 2.06. The molecule has 0 aliphatic rings. The molecule has 0 N–H and O–H groups in total. The summed E-state index contributed by atoms with van der Waals surface area (Å²) in [5, 5.41) is 4.56. The number of carbonyl (C=O) groups is 2. The summed E-state index contributed by atoms with van der Waals surface area (Å²) in [4.78, 5) is 24.6. The van der Waals surface area contributed by atoms with E-state index in [0.29, 0.717) is 26.1 Å². The van der Waals surface area contributed by atoms with Gasteiger partial charge in [0.2, 0.25) is 0 Å². The number of hydrogen-bond acceptors (Lipinski definition) is 4. The van der Waals surface area contributed by atoms with E-state index >= 15 is 0 Å². The van der Waals surface area contributed by atoms with E-state index in [-0.39, 0.29) is 11.9 Å². The maximum absolute atomic E-state index is 12.3. The molecule has 4 rings (SSSR count). The molecule has 0 unspecified atom stereocenters. The van der Waals surface area contributed by atoms with Crippen LogP contribution < -0.4 is 0 Å². The van der Waals surface area contributed by atoms with Crippen LogP contribution in [0.4, 0.5) is 0 Å². The molecule has 0 spiro atoms. The molecule has 0 heterocycles. The summed E-state index contributed by atoms with van der Waals surface area (Å²) < 4.78 is 11.0. The predicted octanol–water partition coefficient (Wildman–Crippen LogP) is 11.1. The highest BCUT2D eigenvalue weighted by molar-refractivity contribution is 5.89. The number of esters is 2. The van der Waals surface area contributed by atoms with Crippen molar-refractivity contribution in [1.82, 2.24) is 0 Å². The number of ether oxygens (including phenoxy) is 2. The summed E-state index contributed by atoms with van der Waals surface area (Å²) in [6, 6.07) is 28.5. The number of hydrogen-bond donors (Lipinski definition) is 0. The molecule has 0 bridgehead atoms. The lowest BCUT2D eigenvalue weighted by Gasteiger charge is -2.07. The van der Waals surface area contributed by atoms with Crippen molar-refractivity contribution < 1.29 is 19.1 Å². The van der Waals surface area contributed by atoms with Gasteiger partial charge >= 0.3 is 11.9 Å². The van der Waals surface area contributed by atoms with E-state index in [1.807, 2.05) is 48.5 Å². The molecule has 0 atom stereocenters. The predicted molar refractivity (Wildman–Crippen MR) is 207 cm³/mol. The Bertz CT molecular complexity index is 1590. The first-order valence-electron chi connectivity index (χ1n) is 18.9. The van der Waals surface area contributed by atoms with Crippen molar-refractivity contribution in [3.05, 3.63) is 96.1 Å². The minimum Gasteiger partial charge on any atom is -0.465 e. The first-order valence-corrected chi connectivity index (χ1v) is 18.9. The van der Waals surface area contributed by atoms with Crippen molar-refractivity contribution >= 4 is 33.5 Å². The Kier molecular flexibility index (Phi) is 18.2. The van der Waals surface area contributed by atoms with Crippen molar-refractivity contribution in [2.75, 3.05) is 13.2 Å². The Morgan fingerprint density at radius 3 is 1.22 bits per heavy atom. The minimum atomic E-state index is -0.141. The topological polar surface area (TPSA) is 52.6 Å². The normalized spacial score (nSPS) is 10.6. The van der Waals surface area contributed by atoms with Crippen LogP contribution in [-0.4, -0.2) is 25.2 Å². The third kappa shape index (κ3) is 14.9. The summed E-state index contributed by atoms with van der Waals surface area (Å²) in [7, 11) is 0. The Morgan fingerprint density at radius 2 is 0.780 bits per heavy atom. The average Bonchev–Trinajstić information content (AvgIpc) is 3.13. The molecule has 4 nitrogen and oxygen atoms in total. The molecule has 0 aliphatic carbocycles. The lowest BCUT2D eigenvalue weighted by atomic mass is 10.0. The number of unbranched alkanes of at least 4 members (excludes halogenated alkanes) is 14. The van der Waals surface area contributed by atoms with Gasteiger partial charge in [0, 0.05) is 12.8 Å². The zero-order valence-corrected chi connectivity index (χ0v) is 29.9. The zero-order chi connectivity index (χ0) is 34.9. The first kappa shape index (κ1) is 38.3. The van der Waals surface area contributed by atoms with Crippen LogP contribution in [0.3, 0.4) is 0 Å². The molecular formula is C46H54O4. The van der Waals surface area contributed by atoms with Crippen LogP contribution in [0.2, 0.25) is 0 Å². The van der Waals surface area contributed by atoms with Crippen molar-refractivity contribution in [3.8, 4) is 23.7 Å². The summed E-state index contributed by atoms with van der Waals surface area (Å²) >= 11 is 0. The van der Waals surface area contributed by atoms with Gasteiger partial charge in [-0.3, -0.25) is 9.59 Å². The molecule has 0 saturated heterocycles. The third-order valence-electron chi connectivity index (χ3n) is 9.09. The summed E-state index contributed by atoms with van der Waals surface area (Å²) in [6.07, 6.45) is 18.5. The lowest BCUT2D eigenvalue weighted by Crippen LogP contribution is -2.09. The van der Waals surface area contributed by atoms with Crippen LogP contribution >= 0.6 is 0 Å². The Hall–Kier alpha value is -4.54. The molecule has 0 aromatic heterocycles. The monoisotopic (exact) mass is 670 g/mol. The molecule has 4 aromatic carbocycles. The second-order valence-electron chi connectivity index (χ2n) is 13.1. The van der Waals surface area contributed by atoms with Gasteiger partial charge in [0.15, 0.2) is 0 Å². The van der Waals surface area contributed by atoms with Gasteiger partial charge in [-0.1, -0.05) is 161 Å². The van der Waals surface area contributed by atoms with E-state index in [4.69, 9.17) is 9.47 Å². The molecule has 0 saturated carbocycles. The van der Waals surface area contributed by atoms with Crippen molar-refractivity contribution in [2.24, 2.45) is 0 Å². The zero-order valence-electron chi connectivity index (χ0n) is 29.9. The van der Waals surface area contributed by atoms with Gasteiger partial charge in [-0.25, -0.2) is 0 Å². The number of benzene rings is 4. The number of fused-ring (bicyclic) bond motifs is 2. The number of rotatable bonds is 22. The first-order chi connectivity index (χ1) is 24.7. The molecule has 4 heteroatoms. The van der Waals surface area contributed by atoms with Gasteiger partial charge in [0.1, 0.15) is 0 Å². The van der Waals surface area contributed by atoms with Crippen LogP contribution in [0.1, 0.15) is 114 Å². The highest BCUT2D eigenvalue weighted by Gasteiger charge is 2.09. The van der Waals surface area contributed by atoms with Gasteiger partial charge in [0.25, 0.3) is 0 Å². The summed E-state index contributed by atoms with van der Waals surface area (Å²) in [6.45, 7) is 1.02. The lowest BCUT2D eigenvalue weighted by molar-refractivity contribution is -0.143. The van der Waals surface area contributed by atoms with E-state index in [1.54, 1.807) is 0 Å². The average molecular weight is 671 g/mol. The number of carbonyl (C=O) groups excluding carboxylic acids is 2. The smallest absolute Gasteiger partial charge is 0.310 e. The molecule has 4 aromatic rings. The maximum Gasteiger partial charge on any atom is 0.310 e. The van der Waals surface area contributed by atoms with Crippen LogP contribution in [0.25, 0.3) is 21.5 Å². The minimum absolute atomic E-state index is 0.141. The van der Waals surface area contributed by atoms with Gasteiger partial charge < -0.3 is 9.47 Å². The van der Waals surface area contributed by atoms with E-state index < -0.39 is 0 Å². The molecule has 262 valence electrons. The maximum atomic E-state index is 12.3. The van der Waals surface area contributed by atoms with Crippen molar-refractivity contribution in [1.29, 1.82) is 0 Å². The molecule has 0 aliphatic heterocycles. The van der Waals surface area contributed by atoms with Crippen LogP contribution in [0.15, 0.2) is 84.9 Å². The van der Waals surface area contributed by atoms with Crippen molar-refractivity contribution in [2.45, 2.75) is 116 Å². The second kappa shape index (κ2) is 23.8. The standard InChI is InChI=1S/C46H54O4/c47-45(37-41-31-25-29-39-27-19-21-33-43(39)41)49-35-23-17-15-13-11-9-7-5-3-1-2-4-6-8-10-12-14-16-18-24-36-50-46(48)38-42-32-26-30-40-28-20-22-34-44(40)42/h19-22,25-34H,5-18,23-24,35-38H2. The highest BCUT2D eigenvalue weighted by atomic mass is 16.5. The molecule has 0 fully saturated rings. The molecule has 0 amide bonds. The van der Waals surface area contributed by atoms with Gasteiger partial charge in [0.05, 0.1) is 26.1 Å². The van der Waals surface area contributed by atoms with E-state index in [0.717, 1.165) is 84.0 Å². The van der Waals surface area contributed by atoms with E-state index in [1.165, 1.54) is 51.4 Å². The fraction of sp³-hybridized carbons (Fsp3) is 0.435. The Balaban J connectivity index is 0.871. The van der Waals surface area contributed by atoms with Gasteiger partial charge in [-0.2, -0.15) is 0 Å². The van der Waals surface area contributed by atoms with E-state index in [2.05, 4.69) is 60.1 Å². The fourth-order valence-corrected chi connectivity index (χ4v) is 6.29.